The Labute approximate surface area is 130 Å². The van der Waals surface area contributed by atoms with E-state index in [-0.39, 0.29) is 0 Å². The monoisotopic (exact) mass is 299 g/mol. The summed E-state index contributed by atoms with van der Waals surface area (Å²) in [6.45, 7) is 2.39. The largest absolute Gasteiger partial charge is 0.379 e. The fourth-order valence-electron chi connectivity index (χ4n) is 2.54. The van der Waals surface area contributed by atoms with Gasteiger partial charge in [-0.25, -0.2) is 9.97 Å². The van der Waals surface area contributed by atoms with Gasteiger partial charge < -0.3 is 15.0 Å². The lowest BCUT2D eigenvalue weighted by Gasteiger charge is -2.24. The van der Waals surface area contributed by atoms with Crippen molar-refractivity contribution in [2.45, 2.75) is 25.4 Å². The topological polar surface area (TPSA) is 63.2 Å². The molecule has 116 valence electrons. The van der Waals surface area contributed by atoms with Crippen molar-refractivity contribution >= 4 is 11.6 Å². The van der Waals surface area contributed by atoms with Gasteiger partial charge in [-0.15, -0.1) is 0 Å². The van der Waals surface area contributed by atoms with Gasteiger partial charge in [0.25, 0.3) is 0 Å². The zero-order valence-electron chi connectivity index (χ0n) is 12.8. The van der Waals surface area contributed by atoms with E-state index in [2.05, 4.69) is 25.2 Å². The maximum absolute atomic E-state index is 5.49. The molecule has 0 bridgehead atoms. The summed E-state index contributed by atoms with van der Waals surface area (Å²) in [5.41, 5.74) is 1.20. The Balaban J connectivity index is 1.64. The Morgan fingerprint density at radius 2 is 2.18 bits per heavy atom. The lowest BCUT2D eigenvalue weighted by Crippen LogP contribution is -2.30. The summed E-state index contributed by atoms with van der Waals surface area (Å²) in [5.74, 6) is 1.74. The van der Waals surface area contributed by atoms with Gasteiger partial charge in [-0.2, -0.15) is 0 Å². The molecule has 1 unspecified atom stereocenters. The molecule has 2 aromatic heterocycles. The van der Waals surface area contributed by atoms with E-state index in [4.69, 9.17) is 4.74 Å². The summed E-state index contributed by atoms with van der Waals surface area (Å²) in [7, 11) is 2.02. The third kappa shape index (κ3) is 3.92. The van der Waals surface area contributed by atoms with Crippen molar-refractivity contribution in [2.24, 2.45) is 0 Å². The molecule has 1 aliphatic rings. The third-order valence-electron chi connectivity index (χ3n) is 3.73. The predicted molar refractivity (Wildman–Crippen MR) is 85.8 cm³/mol. The van der Waals surface area contributed by atoms with Gasteiger partial charge in [0, 0.05) is 38.7 Å². The number of hydrogen-bond donors (Lipinski definition) is 1. The number of rotatable bonds is 5. The lowest BCUT2D eigenvalue weighted by atomic mass is 10.1. The smallest absolute Gasteiger partial charge is 0.134 e. The van der Waals surface area contributed by atoms with Crippen molar-refractivity contribution in [1.29, 1.82) is 0 Å². The molecular formula is C16H21N5O. The van der Waals surface area contributed by atoms with E-state index < -0.39 is 0 Å². The zero-order chi connectivity index (χ0) is 15.2. The lowest BCUT2D eigenvalue weighted by molar-refractivity contribution is 0.0875. The summed E-state index contributed by atoms with van der Waals surface area (Å²) in [4.78, 5) is 14.8. The van der Waals surface area contributed by atoms with Crippen molar-refractivity contribution in [1.82, 2.24) is 15.0 Å². The molecule has 1 saturated heterocycles. The molecule has 0 radical (unpaired) electrons. The molecule has 1 fully saturated rings. The molecule has 1 aliphatic heterocycles. The second kappa shape index (κ2) is 7.17. The van der Waals surface area contributed by atoms with Crippen molar-refractivity contribution in [3.8, 4) is 0 Å². The van der Waals surface area contributed by atoms with Gasteiger partial charge in [0.1, 0.15) is 18.0 Å². The van der Waals surface area contributed by atoms with Crippen molar-refractivity contribution < 1.29 is 4.74 Å². The van der Waals surface area contributed by atoms with Gasteiger partial charge >= 0.3 is 0 Å². The molecule has 0 amide bonds. The van der Waals surface area contributed by atoms with Gasteiger partial charge in [0.05, 0.1) is 12.6 Å². The van der Waals surface area contributed by atoms with Crippen molar-refractivity contribution in [2.75, 3.05) is 30.5 Å². The van der Waals surface area contributed by atoms with Crippen LogP contribution in [-0.2, 0) is 11.3 Å². The van der Waals surface area contributed by atoms with Gasteiger partial charge in [-0.05, 0) is 30.5 Å². The molecule has 3 rings (SSSR count). The van der Waals surface area contributed by atoms with E-state index in [1.54, 1.807) is 18.7 Å². The second-order valence-corrected chi connectivity index (χ2v) is 5.53. The van der Waals surface area contributed by atoms with Crippen LogP contribution in [0.25, 0.3) is 0 Å². The van der Waals surface area contributed by atoms with Crippen LogP contribution in [0.1, 0.15) is 18.4 Å². The first-order chi connectivity index (χ1) is 10.8. The summed E-state index contributed by atoms with van der Waals surface area (Å²) in [5, 5.41) is 3.43. The second-order valence-electron chi connectivity index (χ2n) is 5.53. The first-order valence-corrected chi connectivity index (χ1v) is 7.57. The molecular weight excluding hydrogens is 278 g/mol. The SMILES string of the molecule is CN(Cc1ccncc1)c1cc(NC2CCCOC2)ncn1. The van der Waals surface area contributed by atoms with Crippen LogP contribution >= 0.6 is 0 Å². The molecule has 6 nitrogen and oxygen atoms in total. The highest BCUT2D eigenvalue weighted by atomic mass is 16.5. The molecule has 6 heteroatoms. The highest BCUT2D eigenvalue weighted by Crippen LogP contribution is 2.17. The number of ether oxygens (including phenoxy) is 1. The average molecular weight is 299 g/mol. The molecule has 1 atom stereocenters. The number of nitrogens with one attached hydrogen (secondary N) is 1. The van der Waals surface area contributed by atoms with Crippen LogP contribution in [0.2, 0.25) is 0 Å². The molecule has 3 heterocycles. The van der Waals surface area contributed by atoms with Gasteiger partial charge in [0.2, 0.25) is 0 Å². The van der Waals surface area contributed by atoms with Crippen LogP contribution < -0.4 is 10.2 Å². The van der Waals surface area contributed by atoms with Gasteiger partial charge in [0.15, 0.2) is 0 Å². The van der Waals surface area contributed by atoms with Crippen molar-refractivity contribution in [3.63, 3.8) is 0 Å². The highest BCUT2D eigenvalue weighted by Gasteiger charge is 2.14. The van der Waals surface area contributed by atoms with E-state index in [0.717, 1.165) is 44.2 Å². The molecule has 0 spiro atoms. The van der Waals surface area contributed by atoms with E-state index >= 15 is 0 Å². The number of hydrogen-bond acceptors (Lipinski definition) is 6. The Morgan fingerprint density at radius 1 is 1.32 bits per heavy atom. The van der Waals surface area contributed by atoms with E-state index in [1.165, 1.54) is 5.56 Å². The fraction of sp³-hybridized carbons (Fsp3) is 0.438. The summed E-state index contributed by atoms with van der Waals surface area (Å²) in [6, 6.07) is 6.34. The van der Waals surface area contributed by atoms with Crippen LogP contribution in [0.15, 0.2) is 36.9 Å². The molecule has 0 aliphatic carbocycles. The normalized spacial score (nSPS) is 18.0. The van der Waals surface area contributed by atoms with Crippen LogP contribution in [0.5, 0.6) is 0 Å². The first kappa shape index (κ1) is 14.7. The third-order valence-corrected chi connectivity index (χ3v) is 3.73. The fourth-order valence-corrected chi connectivity index (χ4v) is 2.54. The maximum atomic E-state index is 5.49. The van der Waals surface area contributed by atoms with E-state index in [9.17, 15) is 0 Å². The number of nitrogens with zero attached hydrogens (tertiary/aromatic N) is 4. The minimum atomic E-state index is 0.335. The maximum Gasteiger partial charge on any atom is 0.134 e. The van der Waals surface area contributed by atoms with E-state index in [0.29, 0.717) is 6.04 Å². The Morgan fingerprint density at radius 3 is 2.95 bits per heavy atom. The minimum Gasteiger partial charge on any atom is -0.379 e. The van der Waals surface area contributed by atoms with E-state index in [1.807, 2.05) is 25.2 Å². The predicted octanol–water partition coefficient (Wildman–Crippen LogP) is 2.10. The van der Waals surface area contributed by atoms with Crippen LogP contribution in [0.4, 0.5) is 11.6 Å². The average Bonchev–Trinajstić information content (AvgIpc) is 2.57. The molecule has 0 saturated carbocycles. The standard InChI is InChI=1S/C16H21N5O/c1-21(10-13-4-6-17-7-5-13)16-9-15(18-12-19-16)20-14-3-2-8-22-11-14/h4-7,9,12,14H,2-3,8,10-11H2,1H3,(H,18,19,20). The highest BCUT2D eigenvalue weighted by molar-refractivity contribution is 5.48. The van der Waals surface area contributed by atoms with Gasteiger partial charge in [-0.1, -0.05) is 0 Å². The Bertz CT molecular complexity index is 586. The molecule has 2 aromatic rings. The summed E-state index contributed by atoms with van der Waals surface area (Å²) < 4.78 is 5.49. The molecule has 22 heavy (non-hydrogen) atoms. The van der Waals surface area contributed by atoms with Crippen LogP contribution in [-0.4, -0.2) is 41.3 Å². The zero-order valence-corrected chi connectivity index (χ0v) is 12.8. The molecule has 1 N–H and O–H groups in total. The number of aromatic nitrogens is 3. The summed E-state index contributed by atoms with van der Waals surface area (Å²) in [6.07, 6.45) is 7.42. The minimum absolute atomic E-state index is 0.335. The number of anilines is 2. The summed E-state index contributed by atoms with van der Waals surface area (Å²) >= 11 is 0. The quantitative estimate of drug-likeness (QED) is 0.912. The first-order valence-electron chi connectivity index (χ1n) is 7.57. The van der Waals surface area contributed by atoms with Crippen LogP contribution in [0, 0.1) is 0 Å². The number of pyridine rings is 1. The Kier molecular flexibility index (Phi) is 4.80. The van der Waals surface area contributed by atoms with Crippen LogP contribution in [0.3, 0.4) is 0 Å². The van der Waals surface area contributed by atoms with Crippen molar-refractivity contribution in [3.05, 3.63) is 42.5 Å². The Hall–Kier alpha value is -2.21. The van der Waals surface area contributed by atoms with Gasteiger partial charge in [-0.3, -0.25) is 4.98 Å². The molecule has 0 aromatic carbocycles.